The average Bonchev–Trinajstić information content (AvgIpc) is 2.84. The molecule has 2 aromatic carbocycles. The van der Waals surface area contributed by atoms with Gasteiger partial charge < -0.3 is 9.80 Å². The van der Waals surface area contributed by atoms with Crippen LogP contribution < -0.4 is 0 Å². The highest BCUT2D eigenvalue weighted by Crippen LogP contribution is 2.36. The molecule has 0 bridgehead atoms. The van der Waals surface area contributed by atoms with Gasteiger partial charge in [0.05, 0.1) is 5.41 Å². The molecule has 0 saturated carbocycles. The molecule has 33 heavy (non-hydrogen) atoms. The number of pyridine rings is 1. The van der Waals surface area contributed by atoms with Crippen molar-refractivity contribution in [1.82, 2.24) is 14.8 Å². The number of amides is 2. The summed E-state index contributed by atoms with van der Waals surface area (Å²) in [5, 5.41) is 0. The smallest absolute Gasteiger partial charge is 0.253 e. The van der Waals surface area contributed by atoms with Crippen LogP contribution in [0.3, 0.4) is 0 Å². The molecule has 1 atom stereocenters. The van der Waals surface area contributed by atoms with Crippen molar-refractivity contribution in [2.45, 2.75) is 19.3 Å². The zero-order chi connectivity index (χ0) is 23.4. The zero-order valence-corrected chi connectivity index (χ0v) is 19.0. The van der Waals surface area contributed by atoms with Crippen LogP contribution in [0.1, 0.15) is 28.8 Å². The quantitative estimate of drug-likeness (QED) is 0.583. The van der Waals surface area contributed by atoms with E-state index in [-0.39, 0.29) is 17.6 Å². The van der Waals surface area contributed by atoms with E-state index in [2.05, 4.69) is 4.98 Å². The molecule has 1 fully saturated rings. The second-order valence-electron chi connectivity index (χ2n) is 8.90. The molecule has 4 rings (SSSR count). The molecule has 1 aliphatic rings. The second kappa shape index (κ2) is 9.53. The summed E-state index contributed by atoms with van der Waals surface area (Å²) in [4.78, 5) is 33.9. The molecule has 0 aliphatic carbocycles. The van der Waals surface area contributed by atoms with Gasteiger partial charge in [-0.15, -0.1) is 0 Å². The van der Waals surface area contributed by atoms with Gasteiger partial charge in [-0.1, -0.05) is 42.5 Å². The molecule has 0 spiro atoms. The van der Waals surface area contributed by atoms with E-state index in [0.29, 0.717) is 37.1 Å². The Balaban J connectivity index is 1.60. The minimum atomic E-state index is -0.704. The maximum Gasteiger partial charge on any atom is 0.253 e. The molecule has 2 amide bonds. The Bertz CT molecular complexity index is 1130. The van der Waals surface area contributed by atoms with Crippen molar-refractivity contribution >= 4 is 11.8 Å². The Labute approximate surface area is 193 Å². The number of benzene rings is 2. The maximum absolute atomic E-state index is 14.2. The van der Waals surface area contributed by atoms with Crippen LogP contribution in [0.5, 0.6) is 0 Å². The maximum atomic E-state index is 14.2. The number of carbonyl (C=O) groups is 2. The molecule has 3 aromatic rings. The van der Waals surface area contributed by atoms with Crippen LogP contribution in [0.15, 0.2) is 73.1 Å². The van der Waals surface area contributed by atoms with Gasteiger partial charge in [-0.05, 0) is 48.6 Å². The standard InChI is InChI=1S/C27H28FN3O2/c1-30(2)26(33)27(14-5-17-31(19-27)25(32)22-12-15-29-16-13-22)18-20-8-10-21(11-9-20)23-6-3-4-7-24(23)28/h3-4,6-13,15-16H,5,14,17-19H2,1-2H3. The number of piperidine rings is 1. The first-order chi connectivity index (χ1) is 15.9. The molecule has 6 heteroatoms. The third kappa shape index (κ3) is 4.80. The summed E-state index contributed by atoms with van der Waals surface area (Å²) in [6.45, 7) is 0.982. The molecule has 1 aromatic heterocycles. The van der Waals surface area contributed by atoms with Crippen LogP contribution in [0.25, 0.3) is 11.1 Å². The summed E-state index contributed by atoms with van der Waals surface area (Å²) in [6.07, 6.45) is 5.18. The van der Waals surface area contributed by atoms with Gasteiger partial charge >= 0.3 is 0 Å². The van der Waals surface area contributed by atoms with Gasteiger partial charge in [0.2, 0.25) is 5.91 Å². The lowest BCUT2D eigenvalue weighted by Crippen LogP contribution is -2.54. The topological polar surface area (TPSA) is 53.5 Å². The molecular weight excluding hydrogens is 417 g/mol. The molecule has 0 radical (unpaired) electrons. The van der Waals surface area contributed by atoms with E-state index in [1.807, 2.05) is 30.3 Å². The van der Waals surface area contributed by atoms with E-state index in [4.69, 9.17) is 0 Å². The van der Waals surface area contributed by atoms with Crippen LogP contribution >= 0.6 is 0 Å². The fourth-order valence-corrected chi connectivity index (χ4v) is 4.74. The first-order valence-corrected chi connectivity index (χ1v) is 11.1. The molecule has 0 N–H and O–H groups in total. The zero-order valence-electron chi connectivity index (χ0n) is 19.0. The van der Waals surface area contributed by atoms with E-state index in [0.717, 1.165) is 17.5 Å². The predicted molar refractivity (Wildman–Crippen MR) is 126 cm³/mol. The van der Waals surface area contributed by atoms with Gasteiger partial charge in [0.25, 0.3) is 5.91 Å². The van der Waals surface area contributed by atoms with E-state index < -0.39 is 5.41 Å². The van der Waals surface area contributed by atoms with Crippen LogP contribution in [-0.4, -0.2) is 53.8 Å². The summed E-state index contributed by atoms with van der Waals surface area (Å²) < 4.78 is 14.2. The summed E-state index contributed by atoms with van der Waals surface area (Å²) in [7, 11) is 3.52. The fourth-order valence-electron chi connectivity index (χ4n) is 4.74. The van der Waals surface area contributed by atoms with E-state index in [1.165, 1.54) is 6.07 Å². The first-order valence-electron chi connectivity index (χ1n) is 11.1. The van der Waals surface area contributed by atoms with E-state index in [9.17, 15) is 14.0 Å². The van der Waals surface area contributed by atoms with Crippen LogP contribution in [0.2, 0.25) is 0 Å². The number of hydrogen-bond donors (Lipinski definition) is 0. The monoisotopic (exact) mass is 445 g/mol. The van der Waals surface area contributed by atoms with Crippen LogP contribution in [-0.2, 0) is 11.2 Å². The average molecular weight is 446 g/mol. The summed E-state index contributed by atoms with van der Waals surface area (Å²) in [5.41, 5.74) is 2.21. The molecule has 2 heterocycles. The number of likely N-dealkylation sites (tertiary alicyclic amines) is 1. The third-order valence-electron chi connectivity index (χ3n) is 6.33. The summed E-state index contributed by atoms with van der Waals surface area (Å²) in [5.74, 6) is -0.321. The molecule has 1 unspecified atom stereocenters. The lowest BCUT2D eigenvalue weighted by Gasteiger charge is -2.43. The largest absolute Gasteiger partial charge is 0.348 e. The van der Waals surface area contributed by atoms with Crippen LogP contribution in [0.4, 0.5) is 4.39 Å². The Morgan fingerprint density at radius 2 is 1.73 bits per heavy atom. The Kier molecular flexibility index (Phi) is 6.54. The number of halogens is 1. The number of carbonyl (C=O) groups excluding carboxylic acids is 2. The van der Waals surface area contributed by atoms with Gasteiger partial charge in [-0.3, -0.25) is 14.6 Å². The van der Waals surface area contributed by atoms with Crippen molar-refractivity contribution in [3.63, 3.8) is 0 Å². The summed E-state index contributed by atoms with van der Waals surface area (Å²) >= 11 is 0. The van der Waals surface area contributed by atoms with Gasteiger partial charge in [-0.25, -0.2) is 4.39 Å². The number of nitrogens with zero attached hydrogens (tertiary/aromatic N) is 3. The SMILES string of the molecule is CN(C)C(=O)C1(Cc2ccc(-c3ccccc3F)cc2)CCCN(C(=O)c2ccncc2)C1. The lowest BCUT2D eigenvalue weighted by atomic mass is 9.73. The minimum Gasteiger partial charge on any atom is -0.348 e. The second-order valence-corrected chi connectivity index (χ2v) is 8.90. The molecule has 170 valence electrons. The van der Waals surface area contributed by atoms with Gasteiger partial charge in [-0.2, -0.15) is 0 Å². The van der Waals surface area contributed by atoms with Gasteiger partial charge in [0.1, 0.15) is 5.82 Å². The van der Waals surface area contributed by atoms with E-state index >= 15 is 0 Å². The predicted octanol–water partition coefficient (Wildman–Crippen LogP) is 4.44. The van der Waals surface area contributed by atoms with Gasteiger partial charge in [0, 0.05) is 50.7 Å². The summed E-state index contributed by atoms with van der Waals surface area (Å²) in [6, 6.07) is 17.8. The van der Waals surface area contributed by atoms with Crippen LogP contribution in [0, 0.1) is 11.2 Å². The number of hydrogen-bond acceptors (Lipinski definition) is 3. The van der Waals surface area contributed by atoms with Crippen molar-refractivity contribution in [3.8, 4) is 11.1 Å². The highest BCUT2D eigenvalue weighted by molar-refractivity contribution is 5.95. The number of rotatable bonds is 5. The number of aromatic nitrogens is 1. The highest BCUT2D eigenvalue weighted by Gasteiger charge is 2.44. The Hall–Kier alpha value is -3.54. The molecule has 5 nitrogen and oxygen atoms in total. The van der Waals surface area contributed by atoms with Crippen molar-refractivity contribution in [3.05, 3.63) is 90.0 Å². The van der Waals surface area contributed by atoms with Crippen molar-refractivity contribution in [2.75, 3.05) is 27.2 Å². The molecule has 1 aliphatic heterocycles. The highest BCUT2D eigenvalue weighted by atomic mass is 19.1. The third-order valence-corrected chi connectivity index (χ3v) is 6.33. The Morgan fingerprint density at radius 1 is 1.03 bits per heavy atom. The minimum absolute atomic E-state index is 0.0212. The fraction of sp³-hybridized carbons (Fsp3) is 0.296. The lowest BCUT2D eigenvalue weighted by molar-refractivity contribution is -0.142. The normalized spacial score (nSPS) is 18.1. The van der Waals surface area contributed by atoms with Gasteiger partial charge in [0.15, 0.2) is 0 Å². The van der Waals surface area contributed by atoms with Crippen molar-refractivity contribution < 1.29 is 14.0 Å². The van der Waals surface area contributed by atoms with E-state index in [1.54, 1.807) is 60.6 Å². The van der Waals surface area contributed by atoms with Crippen molar-refractivity contribution in [1.29, 1.82) is 0 Å². The molecular formula is C27H28FN3O2. The van der Waals surface area contributed by atoms with Crippen molar-refractivity contribution in [2.24, 2.45) is 5.41 Å². The molecule has 1 saturated heterocycles. The first kappa shape index (κ1) is 22.6. The Morgan fingerprint density at radius 3 is 2.39 bits per heavy atom.